The van der Waals surface area contributed by atoms with Crippen LogP contribution in [-0.4, -0.2) is 5.48 Å². The van der Waals surface area contributed by atoms with Crippen molar-refractivity contribution >= 4 is 0 Å². The summed E-state index contributed by atoms with van der Waals surface area (Å²) in [7, 11) is 0. The molecule has 0 rings (SSSR count). The van der Waals surface area contributed by atoms with Crippen LogP contribution in [0.5, 0.6) is 0 Å². The SMILES string of the molecule is O.[Li+]=[O].[Li+]=[O]. The van der Waals surface area contributed by atoms with Crippen LogP contribution in [-0.2, 0) is 7.28 Å². The quantitative estimate of drug-likeness (QED) is 0.263. The Kier molecular flexibility index (Phi) is 403. The van der Waals surface area contributed by atoms with Gasteiger partial charge in [0.2, 0.25) is 0 Å². The first-order chi connectivity index (χ1) is 2.00. The van der Waals surface area contributed by atoms with Gasteiger partial charge in [-0.15, -0.1) is 0 Å². The molecule has 0 saturated carbocycles. The van der Waals surface area contributed by atoms with Crippen molar-refractivity contribution in [3.05, 3.63) is 0 Å². The molecular weight excluding hydrogens is 61.9 g/mol. The molecule has 20 valence electrons. The van der Waals surface area contributed by atoms with Crippen LogP contribution in [0.4, 0.5) is 0 Å². The second-order valence-corrected chi connectivity index (χ2v) is 0. The summed E-state index contributed by atoms with van der Waals surface area (Å²) in [5.74, 6) is 0. The Balaban J connectivity index is -0.0000000133. The van der Waals surface area contributed by atoms with E-state index in [2.05, 4.69) is 0 Å². The summed E-state index contributed by atoms with van der Waals surface area (Å²) in [5, 5.41) is 0. The predicted molar refractivity (Wildman–Crippen MR) is 4.99 cm³/mol. The standard InChI is InChI=1S/2Li.H2O.2O/h;;1H2;;/q2*+1;;;. The van der Waals surface area contributed by atoms with Crippen LogP contribution in [0, 0.1) is 0 Å². The van der Waals surface area contributed by atoms with E-state index in [1.54, 1.807) is 0 Å². The second kappa shape index (κ2) is 118. The summed E-state index contributed by atoms with van der Waals surface area (Å²) in [6.07, 6.45) is 0. The third kappa shape index (κ3) is 63.3. The number of hydrogen-bond donors (Lipinski definition) is 0. The van der Waals surface area contributed by atoms with Gasteiger partial charge in [-0.1, -0.05) is 0 Å². The summed E-state index contributed by atoms with van der Waals surface area (Å²) in [5.41, 5.74) is 0. The van der Waals surface area contributed by atoms with Gasteiger partial charge >= 0.3 is 42.6 Å². The van der Waals surface area contributed by atoms with Crippen LogP contribution in [0.3, 0.4) is 0 Å². The molecule has 0 aliphatic carbocycles. The summed E-state index contributed by atoms with van der Waals surface area (Å²) < 4.78 is 16.5. The summed E-state index contributed by atoms with van der Waals surface area (Å²) in [6, 6.07) is 0. The van der Waals surface area contributed by atoms with E-state index in [4.69, 9.17) is 7.28 Å². The molecular formula is H2Li2O3+2. The topological polar surface area (TPSA) is 65.6 Å². The first-order valence-corrected chi connectivity index (χ1v) is 0.816. The minimum absolute atomic E-state index is 0. The molecule has 0 heterocycles. The maximum absolute atomic E-state index is 8.25. The molecule has 0 aliphatic heterocycles. The van der Waals surface area contributed by atoms with Crippen LogP contribution < -0.4 is 35.3 Å². The van der Waals surface area contributed by atoms with E-state index < -0.39 is 0 Å². The minimum atomic E-state index is 0. The zero-order valence-corrected chi connectivity index (χ0v) is 3.32. The van der Waals surface area contributed by atoms with E-state index in [1.165, 1.54) is 0 Å². The van der Waals surface area contributed by atoms with Crippen LogP contribution in [0.25, 0.3) is 0 Å². The first-order valence-electron chi connectivity index (χ1n) is 0.816. The zero-order valence-electron chi connectivity index (χ0n) is 3.32. The predicted octanol–water partition coefficient (Wildman–Crippen LogP) is -7.05. The van der Waals surface area contributed by atoms with E-state index in [0.29, 0.717) is 0 Å². The normalized spacial score (nSPS) is 1.60. The zero-order chi connectivity index (χ0) is 4.00. The van der Waals surface area contributed by atoms with Gasteiger partial charge < -0.3 is 5.48 Å². The van der Waals surface area contributed by atoms with Crippen LogP contribution in [0.1, 0.15) is 0 Å². The number of hydrogen-bond acceptors (Lipinski definition) is 2. The monoisotopic (exact) mass is 64.0 g/mol. The molecule has 0 aromatic heterocycles. The van der Waals surface area contributed by atoms with E-state index in [0.717, 1.165) is 35.3 Å². The molecule has 5 heavy (non-hydrogen) atoms. The van der Waals surface area contributed by atoms with E-state index in [1.807, 2.05) is 0 Å². The van der Waals surface area contributed by atoms with Crippen LogP contribution in [0.2, 0.25) is 0 Å². The first kappa shape index (κ1) is 17.1. The third-order valence-corrected chi connectivity index (χ3v) is 0. The van der Waals surface area contributed by atoms with Gasteiger partial charge in [0.15, 0.2) is 0 Å². The van der Waals surface area contributed by atoms with Crippen LogP contribution >= 0.6 is 0 Å². The van der Waals surface area contributed by atoms with Crippen molar-refractivity contribution in [1.82, 2.24) is 0 Å². The number of rotatable bonds is 0. The van der Waals surface area contributed by atoms with E-state index in [9.17, 15) is 0 Å². The Bertz CT molecular complexity index is 6.85. The fourth-order valence-electron chi connectivity index (χ4n) is 0. The molecule has 0 aliphatic rings. The van der Waals surface area contributed by atoms with Gasteiger partial charge in [0.1, 0.15) is 0 Å². The molecule has 0 atom stereocenters. The average Bonchev–Trinajstić information content (AvgIpc) is 1.50. The van der Waals surface area contributed by atoms with Crippen molar-refractivity contribution in [1.29, 1.82) is 0 Å². The van der Waals surface area contributed by atoms with Crippen molar-refractivity contribution < 1.29 is 48.1 Å². The fourth-order valence-corrected chi connectivity index (χ4v) is 0. The Hall–Kier alpha value is 0.755. The molecule has 0 spiro atoms. The average molecular weight is 63.9 g/mol. The van der Waals surface area contributed by atoms with Crippen molar-refractivity contribution in [2.45, 2.75) is 0 Å². The molecule has 0 aromatic carbocycles. The molecule has 0 fully saturated rings. The molecule has 0 saturated heterocycles. The molecule has 0 unspecified atom stereocenters. The summed E-state index contributed by atoms with van der Waals surface area (Å²) in [6.45, 7) is 0. The molecule has 5 heteroatoms. The molecule has 12 radical (unpaired) electrons. The van der Waals surface area contributed by atoms with Gasteiger partial charge in [-0.3, -0.25) is 0 Å². The molecule has 0 aromatic rings. The third-order valence-electron chi connectivity index (χ3n) is 0. The summed E-state index contributed by atoms with van der Waals surface area (Å²) >= 11 is 1.50. The Labute approximate surface area is 48.3 Å². The Morgan fingerprint density at radius 2 is 0.800 bits per heavy atom. The Morgan fingerprint density at radius 3 is 0.800 bits per heavy atom. The van der Waals surface area contributed by atoms with Gasteiger partial charge in [0.05, 0.1) is 0 Å². The van der Waals surface area contributed by atoms with E-state index in [-0.39, 0.29) is 5.48 Å². The van der Waals surface area contributed by atoms with Gasteiger partial charge in [0, 0.05) is 0 Å². The molecule has 0 amide bonds. The molecule has 0 bridgehead atoms. The van der Waals surface area contributed by atoms with Crippen molar-refractivity contribution in [2.24, 2.45) is 0 Å². The summed E-state index contributed by atoms with van der Waals surface area (Å²) in [4.78, 5) is 0. The van der Waals surface area contributed by atoms with Gasteiger partial charge in [-0.25, -0.2) is 0 Å². The van der Waals surface area contributed by atoms with Crippen molar-refractivity contribution in [2.75, 3.05) is 0 Å². The van der Waals surface area contributed by atoms with Gasteiger partial charge in [-0.05, 0) is 0 Å². The van der Waals surface area contributed by atoms with Gasteiger partial charge in [-0.2, -0.15) is 0 Å². The Morgan fingerprint density at radius 1 is 0.800 bits per heavy atom. The fraction of sp³-hybridized carbons (Fsp3) is 0. The van der Waals surface area contributed by atoms with Crippen LogP contribution in [0.15, 0.2) is 0 Å². The van der Waals surface area contributed by atoms with E-state index >= 15 is 0 Å². The van der Waals surface area contributed by atoms with Crippen molar-refractivity contribution in [3.8, 4) is 0 Å². The molecule has 3 nitrogen and oxygen atoms in total. The molecule has 2 N–H and O–H groups in total. The van der Waals surface area contributed by atoms with Gasteiger partial charge in [0.25, 0.3) is 0 Å². The second-order valence-electron chi connectivity index (χ2n) is 0. The van der Waals surface area contributed by atoms with Crippen molar-refractivity contribution in [3.63, 3.8) is 0 Å². The maximum atomic E-state index is 8.25.